The SMILES string of the molecule is Cc1cc(F)cc(C)c1-c1cc(Cl)c(F)c([C@H](CC(=O)O)NC(=O)C(CC(C)C)n2cc(CCN3CC(C)C3)cc(F)c2=O)c1. The van der Waals surface area contributed by atoms with Crippen LogP contribution in [0, 0.1) is 43.1 Å². The highest BCUT2D eigenvalue weighted by Gasteiger charge is 2.30. The van der Waals surface area contributed by atoms with E-state index in [-0.39, 0.29) is 22.9 Å². The molecule has 3 aromatic rings. The van der Waals surface area contributed by atoms with E-state index in [9.17, 15) is 28.3 Å². The van der Waals surface area contributed by atoms with Gasteiger partial charge in [0.25, 0.3) is 5.56 Å². The first-order chi connectivity index (χ1) is 21.1. The van der Waals surface area contributed by atoms with E-state index < -0.39 is 53.4 Å². The molecule has 2 N–H and O–H groups in total. The Balaban J connectivity index is 1.72. The number of carboxylic acids is 1. The highest BCUT2D eigenvalue weighted by Crippen LogP contribution is 2.36. The van der Waals surface area contributed by atoms with Crippen molar-refractivity contribution in [3.63, 3.8) is 0 Å². The van der Waals surface area contributed by atoms with E-state index >= 15 is 4.39 Å². The smallest absolute Gasteiger partial charge is 0.305 e. The van der Waals surface area contributed by atoms with Crippen LogP contribution in [-0.4, -0.2) is 46.1 Å². The van der Waals surface area contributed by atoms with Crippen LogP contribution in [0.1, 0.15) is 68.0 Å². The summed E-state index contributed by atoms with van der Waals surface area (Å²) >= 11 is 6.28. The molecule has 1 amide bonds. The number of carbonyl (C=O) groups is 2. The van der Waals surface area contributed by atoms with Gasteiger partial charge in [-0.1, -0.05) is 32.4 Å². The number of aliphatic carboxylic acids is 1. The number of hydrogen-bond acceptors (Lipinski definition) is 4. The molecule has 1 fully saturated rings. The van der Waals surface area contributed by atoms with Crippen LogP contribution in [0.4, 0.5) is 13.2 Å². The Bertz CT molecular complexity index is 1630. The van der Waals surface area contributed by atoms with Gasteiger partial charge in [0, 0.05) is 31.4 Å². The van der Waals surface area contributed by atoms with Gasteiger partial charge in [0.05, 0.1) is 17.5 Å². The summed E-state index contributed by atoms with van der Waals surface area (Å²) in [5.41, 5.74) is 1.50. The van der Waals surface area contributed by atoms with Crippen molar-refractivity contribution < 1.29 is 27.9 Å². The Morgan fingerprint density at radius 1 is 1.07 bits per heavy atom. The van der Waals surface area contributed by atoms with Gasteiger partial charge >= 0.3 is 5.97 Å². The number of pyridine rings is 1. The van der Waals surface area contributed by atoms with Crippen molar-refractivity contribution in [2.24, 2.45) is 11.8 Å². The molecule has 7 nitrogen and oxygen atoms in total. The van der Waals surface area contributed by atoms with Gasteiger partial charge in [0.15, 0.2) is 5.82 Å². The van der Waals surface area contributed by atoms with Crippen molar-refractivity contribution in [3.8, 4) is 11.1 Å². The lowest BCUT2D eigenvalue weighted by Gasteiger charge is -2.37. The summed E-state index contributed by atoms with van der Waals surface area (Å²) in [4.78, 5) is 41.1. The van der Waals surface area contributed by atoms with Gasteiger partial charge < -0.3 is 19.9 Å². The third-order valence-electron chi connectivity index (χ3n) is 8.16. The molecule has 2 heterocycles. The molecule has 2 atom stereocenters. The second-order valence-electron chi connectivity index (χ2n) is 12.6. The second-order valence-corrected chi connectivity index (χ2v) is 13.0. The fraction of sp³-hybridized carbons (Fsp3) is 0.441. The van der Waals surface area contributed by atoms with Crippen LogP contribution < -0.4 is 10.9 Å². The molecule has 1 aliphatic rings. The lowest BCUT2D eigenvalue weighted by molar-refractivity contribution is -0.138. The number of aromatic nitrogens is 1. The lowest BCUT2D eigenvalue weighted by atomic mass is 9.92. The minimum atomic E-state index is -1.39. The normalized spacial score (nSPS) is 15.2. The van der Waals surface area contributed by atoms with Crippen LogP contribution in [0.15, 0.2) is 41.3 Å². The maximum Gasteiger partial charge on any atom is 0.305 e. The number of carbonyl (C=O) groups excluding carboxylic acids is 1. The number of hydrogen-bond donors (Lipinski definition) is 2. The molecule has 0 radical (unpaired) electrons. The van der Waals surface area contributed by atoms with Crippen LogP contribution in [0.3, 0.4) is 0 Å². The average Bonchev–Trinajstić information content (AvgIpc) is 2.91. The third-order valence-corrected chi connectivity index (χ3v) is 8.43. The summed E-state index contributed by atoms with van der Waals surface area (Å²) in [5.74, 6) is -3.96. The van der Waals surface area contributed by atoms with Crippen LogP contribution in [0.2, 0.25) is 5.02 Å². The number of likely N-dealkylation sites (tertiary alicyclic amines) is 1. The minimum Gasteiger partial charge on any atom is -0.481 e. The van der Waals surface area contributed by atoms with Crippen LogP contribution in [0.25, 0.3) is 11.1 Å². The number of nitrogens with zero attached hydrogens (tertiary/aromatic N) is 2. The fourth-order valence-corrected chi connectivity index (χ4v) is 6.36. The van der Waals surface area contributed by atoms with E-state index in [0.717, 1.165) is 17.7 Å². The Morgan fingerprint density at radius 3 is 2.29 bits per heavy atom. The summed E-state index contributed by atoms with van der Waals surface area (Å²) in [6, 6.07) is 3.99. The number of amides is 1. The van der Waals surface area contributed by atoms with Gasteiger partial charge in [-0.25, -0.2) is 13.2 Å². The molecule has 0 spiro atoms. The van der Waals surface area contributed by atoms with Crippen LogP contribution >= 0.6 is 11.6 Å². The first-order valence-electron chi connectivity index (χ1n) is 15.1. The molecule has 1 unspecified atom stereocenters. The van der Waals surface area contributed by atoms with Crippen molar-refractivity contribution in [1.29, 1.82) is 0 Å². The lowest BCUT2D eigenvalue weighted by Crippen LogP contribution is -2.46. The molecule has 0 saturated carbocycles. The molecule has 2 aromatic carbocycles. The first kappa shape index (κ1) is 34.2. The maximum atomic E-state index is 15.6. The van der Waals surface area contributed by atoms with E-state index in [1.54, 1.807) is 13.8 Å². The molecule has 1 aliphatic heterocycles. The zero-order valence-corrected chi connectivity index (χ0v) is 26.9. The quantitative estimate of drug-likeness (QED) is 0.231. The molecule has 0 bridgehead atoms. The number of carboxylic acid groups (broad SMARTS) is 1. The van der Waals surface area contributed by atoms with Gasteiger partial charge in [-0.3, -0.25) is 14.4 Å². The van der Waals surface area contributed by atoms with E-state index in [4.69, 9.17) is 11.6 Å². The van der Waals surface area contributed by atoms with Crippen molar-refractivity contribution in [2.75, 3.05) is 19.6 Å². The Hall–Kier alpha value is -3.63. The molecule has 0 aliphatic carbocycles. The summed E-state index contributed by atoms with van der Waals surface area (Å²) in [7, 11) is 0. The van der Waals surface area contributed by atoms with E-state index in [2.05, 4.69) is 17.1 Å². The minimum absolute atomic E-state index is 0.112. The predicted molar refractivity (Wildman–Crippen MR) is 168 cm³/mol. The van der Waals surface area contributed by atoms with Crippen molar-refractivity contribution >= 4 is 23.5 Å². The summed E-state index contributed by atoms with van der Waals surface area (Å²) in [6.45, 7) is 11.7. The predicted octanol–water partition coefficient (Wildman–Crippen LogP) is 6.62. The monoisotopic (exact) mass is 645 g/mol. The van der Waals surface area contributed by atoms with Crippen molar-refractivity contribution in [1.82, 2.24) is 14.8 Å². The molecule has 45 heavy (non-hydrogen) atoms. The van der Waals surface area contributed by atoms with Gasteiger partial charge in [-0.2, -0.15) is 0 Å². The average molecular weight is 646 g/mol. The first-order valence-corrected chi connectivity index (χ1v) is 15.4. The van der Waals surface area contributed by atoms with E-state index in [1.165, 1.54) is 36.5 Å². The number of rotatable bonds is 12. The molecular formula is C34H39ClF3N3O4. The molecule has 1 saturated heterocycles. The topological polar surface area (TPSA) is 91.6 Å². The van der Waals surface area contributed by atoms with Gasteiger partial charge in [-0.15, -0.1) is 0 Å². The number of nitrogens with one attached hydrogen (secondary N) is 1. The molecular weight excluding hydrogens is 607 g/mol. The molecule has 4 rings (SSSR count). The molecule has 1 aromatic heterocycles. The number of benzene rings is 2. The number of aryl methyl sites for hydroxylation is 2. The van der Waals surface area contributed by atoms with Crippen LogP contribution in [-0.2, 0) is 16.0 Å². The van der Waals surface area contributed by atoms with Crippen LogP contribution in [0.5, 0.6) is 0 Å². The Morgan fingerprint density at radius 2 is 1.71 bits per heavy atom. The summed E-state index contributed by atoms with van der Waals surface area (Å²) < 4.78 is 45.6. The van der Waals surface area contributed by atoms with Gasteiger partial charge in [0.2, 0.25) is 5.91 Å². The molecule has 11 heteroatoms. The third kappa shape index (κ3) is 8.16. The summed E-state index contributed by atoms with van der Waals surface area (Å²) in [6.07, 6.45) is 1.39. The van der Waals surface area contributed by atoms with Gasteiger partial charge in [0.1, 0.15) is 17.7 Å². The van der Waals surface area contributed by atoms with E-state index in [1.807, 2.05) is 13.8 Å². The summed E-state index contributed by atoms with van der Waals surface area (Å²) in [5, 5.41) is 12.0. The number of halogens is 4. The zero-order chi connectivity index (χ0) is 33.2. The highest BCUT2D eigenvalue weighted by molar-refractivity contribution is 6.31. The Kier molecular flexibility index (Phi) is 10.8. The zero-order valence-electron chi connectivity index (χ0n) is 26.1. The van der Waals surface area contributed by atoms with Crippen molar-refractivity contribution in [3.05, 3.63) is 91.6 Å². The second kappa shape index (κ2) is 14.2. The van der Waals surface area contributed by atoms with Gasteiger partial charge in [-0.05, 0) is 96.7 Å². The highest BCUT2D eigenvalue weighted by atomic mass is 35.5. The van der Waals surface area contributed by atoms with E-state index in [0.29, 0.717) is 46.7 Å². The molecule has 242 valence electrons. The Labute approximate surface area is 266 Å². The maximum absolute atomic E-state index is 15.6. The standard InChI is InChI=1S/C34H39ClF3N3O4/c1-18(2)8-29(41-17-22(11-27(37)34(41)45)6-7-40-15-19(3)16-40)33(44)39-28(14-30(42)43)25-12-23(13-26(35)32(25)38)31-20(4)9-24(36)10-21(31)5/h9-13,17-19,28-29H,6-8,14-16H2,1-5H3,(H,39,44)(H,42,43)/t28-,29?/m0/s1. The fourth-order valence-electron chi connectivity index (χ4n) is 6.14. The largest absolute Gasteiger partial charge is 0.481 e. The van der Waals surface area contributed by atoms with Crippen molar-refractivity contribution in [2.45, 2.75) is 66.0 Å².